The highest BCUT2D eigenvalue weighted by Crippen LogP contribution is 2.36. The highest BCUT2D eigenvalue weighted by molar-refractivity contribution is 5.97. The summed E-state index contributed by atoms with van der Waals surface area (Å²) in [6.45, 7) is 0. The number of aromatic nitrogens is 4. The number of benzene rings is 2. The van der Waals surface area contributed by atoms with Crippen LogP contribution in [0, 0.1) is 11.6 Å². The second-order valence-electron chi connectivity index (χ2n) is 10.6. The van der Waals surface area contributed by atoms with Gasteiger partial charge in [-0.15, -0.1) is 0 Å². The van der Waals surface area contributed by atoms with Gasteiger partial charge in [-0.25, -0.2) is 23.4 Å². The minimum absolute atomic E-state index is 0.134. The number of halogens is 5. The second-order valence-corrected chi connectivity index (χ2v) is 10.6. The number of imidazole rings is 1. The number of hydrogen-bond acceptors (Lipinski definition) is 6. The Bertz CT molecular complexity index is 2100. The average Bonchev–Trinajstić information content (AvgIpc) is 3.51. The van der Waals surface area contributed by atoms with E-state index in [1.54, 1.807) is 0 Å². The van der Waals surface area contributed by atoms with Crippen molar-refractivity contribution in [2.45, 2.75) is 24.7 Å². The molecule has 0 saturated carbocycles. The molecule has 11 nitrogen and oxygen atoms in total. The zero-order valence-electron chi connectivity index (χ0n) is 24.5. The van der Waals surface area contributed by atoms with Crippen molar-refractivity contribution < 1.29 is 36.6 Å². The number of carbonyl (C=O) groups is 2. The minimum Gasteiger partial charge on any atom is -0.480 e. The van der Waals surface area contributed by atoms with Crippen LogP contribution in [-0.4, -0.2) is 47.7 Å². The van der Waals surface area contributed by atoms with Gasteiger partial charge in [0.1, 0.15) is 34.9 Å². The fraction of sp³-hybridized carbons (Fsp3) is 0.194. The Balaban J connectivity index is 1.41. The molecule has 3 N–H and O–H groups in total. The summed E-state index contributed by atoms with van der Waals surface area (Å²) < 4.78 is 74.9. The Kier molecular flexibility index (Phi) is 8.69. The third-order valence-corrected chi connectivity index (χ3v) is 7.43. The smallest absolute Gasteiger partial charge is 0.412 e. The number of hydrogen-bond donors (Lipinski definition) is 3. The van der Waals surface area contributed by atoms with Gasteiger partial charge in [0.05, 0.1) is 5.56 Å². The van der Waals surface area contributed by atoms with Gasteiger partial charge in [-0.05, 0) is 29.8 Å². The molecular formula is C31H25F5N6O5. The van der Waals surface area contributed by atoms with Gasteiger partial charge in [0, 0.05) is 56.1 Å². The van der Waals surface area contributed by atoms with E-state index < -0.39 is 70.7 Å². The molecule has 0 aliphatic heterocycles. The highest BCUT2D eigenvalue weighted by Gasteiger charge is 2.41. The molecule has 2 atom stereocenters. The van der Waals surface area contributed by atoms with E-state index >= 15 is 8.78 Å². The van der Waals surface area contributed by atoms with Gasteiger partial charge >= 0.3 is 17.8 Å². The van der Waals surface area contributed by atoms with Crippen LogP contribution in [0.1, 0.15) is 27.7 Å². The van der Waals surface area contributed by atoms with Crippen molar-refractivity contribution in [2.24, 2.45) is 14.1 Å². The lowest BCUT2D eigenvalue weighted by molar-refractivity contribution is -0.144. The summed E-state index contributed by atoms with van der Waals surface area (Å²) in [5.74, 6) is -6.06. The lowest BCUT2D eigenvalue weighted by atomic mass is 10.0. The highest BCUT2D eigenvalue weighted by atomic mass is 19.4. The summed E-state index contributed by atoms with van der Waals surface area (Å²) in [6.07, 6.45) is -1.07. The molecule has 5 aromatic rings. The lowest BCUT2D eigenvalue weighted by Gasteiger charge is -2.23. The molecule has 3 aromatic heterocycles. The number of anilines is 1. The summed E-state index contributed by atoms with van der Waals surface area (Å²) in [5, 5.41) is 14.0. The van der Waals surface area contributed by atoms with Crippen molar-refractivity contribution in [1.29, 1.82) is 0 Å². The van der Waals surface area contributed by atoms with Crippen molar-refractivity contribution in [3.63, 3.8) is 0 Å². The number of aliphatic carboxylic acids is 1. The summed E-state index contributed by atoms with van der Waals surface area (Å²) >= 11 is 0. The maximum atomic E-state index is 15.0. The zero-order chi connectivity index (χ0) is 34.2. The van der Waals surface area contributed by atoms with E-state index in [1.807, 2.05) is 5.32 Å². The molecule has 244 valence electrons. The topological polar surface area (TPSA) is 140 Å². The molecule has 0 aliphatic carbocycles. The number of nitrogens with one attached hydrogen (secondary N) is 2. The first-order chi connectivity index (χ1) is 22.2. The standard InChI is InChI=1S/C31H25F5N6O5/c1-40-15-20(28(44)41(2)30(40)47)19-9-8-18(42-11-10-37-26(19)42)14-23(29(45)46)39-27(43)24-21(32)12-17(13-22(24)33)38-25(31(34,35)36)16-6-4-3-5-7-16/h3-13,15,23,25,38H,14H2,1-2H3,(H,39,43)(H,45,46). The van der Waals surface area contributed by atoms with Gasteiger partial charge < -0.3 is 24.7 Å². The van der Waals surface area contributed by atoms with E-state index in [0.717, 1.165) is 4.57 Å². The van der Waals surface area contributed by atoms with Crippen molar-refractivity contribution in [3.05, 3.63) is 122 Å². The van der Waals surface area contributed by atoms with Crippen LogP contribution in [-0.2, 0) is 25.3 Å². The number of alkyl halides is 3. The van der Waals surface area contributed by atoms with Crippen LogP contribution in [0.3, 0.4) is 0 Å². The summed E-state index contributed by atoms with van der Waals surface area (Å²) in [6, 6.07) is 6.51. The van der Waals surface area contributed by atoms with E-state index in [4.69, 9.17) is 0 Å². The quantitative estimate of drug-likeness (QED) is 0.205. The number of carboxylic acids is 1. The summed E-state index contributed by atoms with van der Waals surface area (Å²) in [5.41, 5.74) is -2.21. The number of carboxylic acid groups (broad SMARTS) is 1. The Morgan fingerprint density at radius 1 is 0.979 bits per heavy atom. The number of rotatable bonds is 9. The van der Waals surface area contributed by atoms with Crippen LogP contribution < -0.4 is 21.9 Å². The maximum Gasteiger partial charge on any atom is 0.412 e. The number of pyridine rings is 1. The number of aryl methyl sites for hydroxylation is 1. The lowest BCUT2D eigenvalue weighted by Crippen LogP contribution is -2.43. The van der Waals surface area contributed by atoms with E-state index in [1.165, 1.54) is 84.1 Å². The second kappa shape index (κ2) is 12.5. The zero-order valence-corrected chi connectivity index (χ0v) is 24.5. The Labute approximate surface area is 261 Å². The third kappa shape index (κ3) is 6.47. The van der Waals surface area contributed by atoms with Crippen molar-refractivity contribution in [2.75, 3.05) is 5.32 Å². The molecule has 5 rings (SSSR count). The number of amides is 1. The number of carbonyl (C=O) groups excluding carboxylic acids is 1. The average molecular weight is 657 g/mol. The predicted octanol–water partition coefficient (Wildman–Crippen LogP) is 3.82. The van der Waals surface area contributed by atoms with Crippen molar-refractivity contribution in [3.8, 4) is 11.1 Å². The number of nitrogens with zero attached hydrogens (tertiary/aromatic N) is 4. The molecule has 0 aliphatic rings. The molecule has 0 fully saturated rings. The summed E-state index contributed by atoms with van der Waals surface area (Å²) in [4.78, 5) is 54.3. The van der Waals surface area contributed by atoms with Crippen molar-refractivity contribution >= 4 is 23.2 Å². The molecule has 1 amide bonds. The molecular weight excluding hydrogens is 631 g/mol. The predicted molar refractivity (Wildman–Crippen MR) is 159 cm³/mol. The van der Waals surface area contributed by atoms with E-state index in [9.17, 15) is 37.5 Å². The van der Waals surface area contributed by atoms with Gasteiger partial charge in [0.2, 0.25) is 0 Å². The first-order valence-electron chi connectivity index (χ1n) is 13.8. The Morgan fingerprint density at radius 3 is 2.26 bits per heavy atom. The number of fused-ring (bicyclic) bond motifs is 1. The van der Waals surface area contributed by atoms with Gasteiger partial charge in [-0.1, -0.05) is 30.3 Å². The fourth-order valence-corrected chi connectivity index (χ4v) is 5.12. The third-order valence-electron chi connectivity index (χ3n) is 7.43. The fourth-order valence-electron chi connectivity index (χ4n) is 5.12. The van der Waals surface area contributed by atoms with Crippen LogP contribution in [0.4, 0.5) is 27.6 Å². The van der Waals surface area contributed by atoms with Crippen molar-refractivity contribution in [1.82, 2.24) is 23.8 Å². The molecule has 3 heterocycles. The van der Waals surface area contributed by atoms with E-state index in [-0.39, 0.29) is 22.5 Å². The van der Waals surface area contributed by atoms with Gasteiger partial charge in [0.15, 0.2) is 0 Å². The van der Waals surface area contributed by atoms with Crippen LogP contribution in [0.2, 0.25) is 0 Å². The van der Waals surface area contributed by atoms with Crippen LogP contribution in [0.15, 0.2) is 82.8 Å². The maximum absolute atomic E-state index is 15.0. The molecule has 0 radical (unpaired) electrons. The SMILES string of the molecule is Cn1cc(-c2ccc(CC(NC(=O)c3c(F)cc(NC(c4ccccc4)C(F)(F)F)cc3F)C(=O)O)n3ccnc23)c(=O)n(C)c1=O. The van der Waals surface area contributed by atoms with E-state index in [0.29, 0.717) is 17.7 Å². The first-order valence-corrected chi connectivity index (χ1v) is 13.8. The Morgan fingerprint density at radius 2 is 1.64 bits per heavy atom. The van der Waals surface area contributed by atoms with E-state index in [2.05, 4.69) is 10.3 Å². The molecule has 0 spiro atoms. The molecule has 16 heteroatoms. The van der Waals surface area contributed by atoms with Crippen LogP contribution in [0.5, 0.6) is 0 Å². The molecule has 2 aromatic carbocycles. The monoisotopic (exact) mass is 656 g/mol. The molecule has 2 unspecified atom stereocenters. The normalized spacial score (nSPS) is 12.9. The van der Waals surface area contributed by atoms with Gasteiger partial charge in [0.25, 0.3) is 11.5 Å². The first kappa shape index (κ1) is 32.6. The largest absolute Gasteiger partial charge is 0.480 e. The van der Waals surface area contributed by atoms with Gasteiger partial charge in [-0.2, -0.15) is 13.2 Å². The Hall–Kier alpha value is -5.80. The summed E-state index contributed by atoms with van der Waals surface area (Å²) in [7, 11) is 2.77. The van der Waals surface area contributed by atoms with Crippen LogP contribution >= 0.6 is 0 Å². The van der Waals surface area contributed by atoms with Crippen LogP contribution in [0.25, 0.3) is 16.8 Å². The van der Waals surface area contributed by atoms with Gasteiger partial charge in [-0.3, -0.25) is 14.2 Å². The molecule has 0 bridgehead atoms. The minimum atomic E-state index is -4.84. The molecule has 0 saturated heterocycles. The molecule has 47 heavy (non-hydrogen) atoms.